The molecule has 2 aromatic carbocycles. The third-order valence-corrected chi connectivity index (χ3v) is 7.31. The third-order valence-electron chi connectivity index (χ3n) is 7.31. The van der Waals surface area contributed by atoms with Crippen molar-refractivity contribution in [2.45, 2.75) is 38.0 Å². The van der Waals surface area contributed by atoms with Gasteiger partial charge in [0.1, 0.15) is 5.76 Å². The van der Waals surface area contributed by atoms with Crippen molar-refractivity contribution in [1.29, 1.82) is 5.26 Å². The molecule has 3 aromatic rings. The molecule has 1 saturated carbocycles. The molecule has 1 unspecified atom stereocenters. The molecule has 1 aromatic heterocycles. The van der Waals surface area contributed by atoms with Crippen LogP contribution in [-0.4, -0.2) is 29.9 Å². The second kappa shape index (κ2) is 7.56. The lowest BCUT2D eigenvalue weighted by molar-refractivity contribution is -0.124. The molecule has 0 radical (unpaired) electrons. The maximum absolute atomic E-state index is 13.6. The zero-order valence-corrected chi connectivity index (χ0v) is 19.0. The highest BCUT2D eigenvalue weighted by Crippen LogP contribution is 2.57. The molecule has 34 heavy (non-hydrogen) atoms. The molecule has 7 heteroatoms. The van der Waals surface area contributed by atoms with E-state index in [-0.39, 0.29) is 23.7 Å². The van der Waals surface area contributed by atoms with Crippen LogP contribution in [0, 0.1) is 24.2 Å². The fraction of sp³-hybridized carbons (Fsp3) is 0.333. The smallest absolute Gasteiger partial charge is 0.232 e. The molecule has 170 valence electrons. The fourth-order valence-electron chi connectivity index (χ4n) is 5.38. The molecule has 1 spiro atoms. The molecule has 1 aliphatic carbocycles. The Morgan fingerprint density at radius 3 is 2.85 bits per heavy atom. The number of amides is 2. The van der Waals surface area contributed by atoms with E-state index >= 15 is 0 Å². The van der Waals surface area contributed by atoms with E-state index < -0.39 is 5.92 Å². The van der Waals surface area contributed by atoms with Crippen molar-refractivity contribution >= 4 is 23.2 Å². The van der Waals surface area contributed by atoms with E-state index in [0.717, 1.165) is 29.9 Å². The number of aryl methyl sites for hydroxylation is 1. The van der Waals surface area contributed by atoms with Crippen molar-refractivity contribution < 1.29 is 14.0 Å². The largest absolute Gasteiger partial charge is 0.446 e. The van der Waals surface area contributed by atoms with Gasteiger partial charge in [-0.25, -0.2) is 4.98 Å². The highest BCUT2D eigenvalue weighted by Gasteiger charge is 2.54. The quantitative estimate of drug-likeness (QED) is 0.599. The lowest BCUT2D eigenvalue weighted by atomic mass is 9.95. The van der Waals surface area contributed by atoms with Crippen molar-refractivity contribution in [3.8, 4) is 6.07 Å². The lowest BCUT2D eigenvalue weighted by Gasteiger charge is -2.22. The van der Waals surface area contributed by atoms with Crippen LogP contribution in [0.3, 0.4) is 0 Å². The average molecular weight is 453 g/mol. The lowest BCUT2D eigenvalue weighted by Crippen LogP contribution is -2.37. The number of rotatable bonds is 4. The summed E-state index contributed by atoms with van der Waals surface area (Å²) in [6, 6.07) is 15.4. The summed E-state index contributed by atoms with van der Waals surface area (Å²) in [7, 11) is 0. The standard InChI is InChI=1S/C27H24N4O3/c1-17-29-14-22(34-17)10-18-5-6-24-23(11-18)27(7-8-27)16-31(24)26(33)20-12-25(32)30(15-20)21-4-2-3-19(9-21)13-28/h2-6,9,11,14,20H,7-8,10,12,15-16H2,1H3. The number of hydrogen-bond donors (Lipinski definition) is 0. The SMILES string of the molecule is Cc1ncc(Cc2ccc3c(c2)C2(CC2)CN3C(=O)C2CC(=O)N(c3cccc(C#N)c3)C2)o1. The minimum atomic E-state index is -0.392. The van der Waals surface area contributed by atoms with Crippen molar-refractivity contribution in [1.82, 2.24) is 4.98 Å². The van der Waals surface area contributed by atoms with Crippen molar-refractivity contribution in [3.63, 3.8) is 0 Å². The van der Waals surface area contributed by atoms with Gasteiger partial charge in [-0.2, -0.15) is 5.26 Å². The van der Waals surface area contributed by atoms with Crippen LogP contribution in [-0.2, 0) is 21.4 Å². The summed E-state index contributed by atoms with van der Waals surface area (Å²) in [6.07, 6.45) is 4.78. The maximum atomic E-state index is 13.6. The fourth-order valence-corrected chi connectivity index (χ4v) is 5.38. The van der Waals surface area contributed by atoms with Gasteiger partial charge in [0.2, 0.25) is 11.8 Å². The number of fused-ring (bicyclic) bond motifs is 2. The predicted molar refractivity (Wildman–Crippen MR) is 125 cm³/mol. The number of aromatic nitrogens is 1. The van der Waals surface area contributed by atoms with Crippen LogP contribution in [0.4, 0.5) is 11.4 Å². The number of oxazole rings is 1. The number of benzene rings is 2. The van der Waals surface area contributed by atoms with Crippen LogP contribution < -0.4 is 9.80 Å². The van der Waals surface area contributed by atoms with Crippen LogP contribution in [0.25, 0.3) is 0 Å². The molecule has 3 aliphatic rings. The molecule has 6 rings (SSSR count). The highest BCUT2D eigenvalue weighted by molar-refractivity contribution is 6.05. The Balaban J connectivity index is 1.24. The van der Waals surface area contributed by atoms with E-state index in [1.807, 2.05) is 24.0 Å². The number of nitriles is 1. The van der Waals surface area contributed by atoms with Gasteiger partial charge < -0.3 is 14.2 Å². The van der Waals surface area contributed by atoms with Gasteiger partial charge in [0.15, 0.2) is 5.89 Å². The van der Waals surface area contributed by atoms with E-state index in [2.05, 4.69) is 23.2 Å². The second-order valence-corrected chi connectivity index (χ2v) is 9.65. The van der Waals surface area contributed by atoms with Crippen LogP contribution in [0.5, 0.6) is 0 Å². The molecular formula is C27H24N4O3. The molecular weight excluding hydrogens is 428 g/mol. The minimum Gasteiger partial charge on any atom is -0.446 e. The van der Waals surface area contributed by atoms with Gasteiger partial charge in [-0.3, -0.25) is 9.59 Å². The first-order valence-corrected chi connectivity index (χ1v) is 11.6. The zero-order chi connectivity index (χ0) is 23.4. The van der Waals surface area contributed by atoms with Crippen molar-refractivity contribution in [2.24, 2.45) is 5.92 Å². The number of carbonyl (C=O) groups is 2. The van der Waals surface area contributed by atoms with Crippen LogP contribution >= 0.6 is 0 Å². The maximum Gasteiger partial charge on any atom is 0.232 e. The van der Waals surface area contributed by atoms with Crippen molar-refractivity contribution in [2.75, 3.05) is 22.9 Å². The molecule has 3 heterocycles. The zero-order valence-electron chi connectivity index (χ0n) is 19.0. The van der Waals surface area contributed by atoms with Crippen LogP contribution in [0.15, 0.2) is 53.1 Å². The molecule has 2 fully saturated rings. The summed E-state index contributed by atoms with van der Waals surface area (Å²) in [6.45, 7) is 2.86. The number of hydrogen-bond acceptors (Lipinski definition) is 5. The molecule has 2 amide bonds. The van der Waals surface area contributed by atoms with Gasteiger partial charge in [0.25, 0.3) is 0 Å². The average Bonchev–Trinajstić information content (AvgIpc) is 3.17. The van der Waals surface area contributed by atoms with E-state index in [0.29, 0.717) is 36.7 Å². The van der Waals surface area contributed by atoms with E-state index in [1.54, 1.807) is 29.3 Å². The summed E-state index contributed by atoms with van der Waals surface area (Å²) in [5.41, 5.74) is 4.57. The van der Waals surface area contributed by atoms with Gasteiger partial charge >= 0.3 is 0 Å². The first kappa shape index (κ1) is 20.7. The number of anilines is 2. The molecule has 1 atom stereocenters. The van der Waals surface area contributed by atoms with E-state index in [9.17, 15) is 14.9 Å². The first-order chi connectivity index (χ1) is 16.5. The minimum absolute atomic E-state index is 0.0101. The van der Waals surface area contributed by atoms with Crippen molar-refractivity contribution in [3.05, 3.63) is 77.0 Å². The van der Waals surface area contributed by atoms with Gasteiger partial charge in [-0.15, -0.1) is 0 Å². The Hall–Kier alpha value is -3.92. The topological polar surface area (TPSA) is 90.4 Å². The second-order valence-electron chi connectivity index (χ2n) is 9.65. The molecule has 1 saturated heterocycles. The Morgan fingerprint density at radius 1 is 1.26 bits per heavy atom. The van der Waals surface area contributed by atoms with Gasteiger partial charge in [0, 0.05) is 49.6 Å². The molecule has 0 N–H and O–H groups in total. The van der Waals surface area contributed by atoms with Crippen LogP contribution in [0.1, 0.15) is 47.6 Å². The summed E-state index contributed by atoms with van der Waals surface area (Å²) in [5, 5.41) is 9.18. The van der Waals surface area contributed by atoms with E-state index in [1.165, 1.54) is 5.56 Å². The predicted octanol–water partition coefficient (Wildman–Crippen LogP) is 3.88. The van der Waals surface area contributed by atoms with E-state index in [4.69, 9.17) is 4.42 Å². The molecule has 7 nitrogen and oxygen atoms in total. The third kappa shape index (κ3) is 3.38. The Morgan fingerprint density at radius 2 is 2.12 bits per heavy atom. The normalized spacial score (nSPS) is 20.0. The number of carbonyl (C=O) groups excluding carboxylic acids is 2. The Kier molecular flexibility index (Phi) is 4.59. The van der Waals surface area contributed by atoms with Gasteiger partial charge in [-0.05, 0) is 48.2 Å². The Labute approximate surface area is 197 Å². The highest BCUT2D eigenvalue weighted by atomic mass is 16.3. The van der Waals surface area contributed by atoms with Crippen LogP contribution in [0.2, 0.25) is 0 Å². The van der Waals surface area contributed by atoms with Gasteiger partial charge in [0.05, 0.1) is 23.7 Å². The summed E-state index contributed by atoms with van der Waals surface area (Å²) >= 11 is 0. The van der Waals surface area contributed by atoms with Gasteiger partial charge in [-0.1, -0.05) is 18.2 Å². The summed E-state index contributed by atoms with van der Waals surface area (Å²) in [4.78, 5) is 34.1. The summed E-state index contributed by atoms with van der Waals surface area (Å²) < 4.78 is 5.64. The first-order valence-electron chi connectivity index (χ1n) is 11.6. The molecule has 2 aliphatic heterocycles. The number of nitrogens with zero attached hydrogens (tertiary/aromatic N) is 4. The Bertz CT molecular complexity index is 1360. The molecule has 0 bridgehead atoms. The summed E-state index contributed by atoms with van der Waals surface area (Å²) in [5.74, 6) is 1.03. The monoisotopic (exact) mass is 452 g/mol.